The first-order valence-electron chi connectivity index (χ1n) is 20.8. The van der Waals surface area contributed by atoms with Gasteiger partial charge in [0.05, 0.1) is 5.52 Å². The van der Waals surface area contributed by atoms with Gasteiger partial charge in [-0.1, -0.05) is 195 Å². The first-order chi connectivity index (χ1) is 30.2. The van der Waals surface area contributed by atoms with E-state index in [2.05, 4.69) is 187 Å². The largest absolute Gasteiger partial charge is 0.398 e. The lowest BCUT2D eigenvalue weighted by Crippen LogP contribution is -1.94. The maximum Gasteiger partial charge on any atom is 0.0708 e. The molecule has 0 amide bonds. The van der Waals surface area contributed by atoms with E-state index in [1.54, 1.807) is 6.08 Å². The number of hydrogen-bond donors (Lipinski definition) is 1. The van der Waals surface area contributed by atoms with Crippen LogP contribution in [-0.4, -0.2) is 4.98 Å². The Hall–Kier alpha value is -8.07. The summed E-state index contributed by atoms with van der Waals surface area (Å²) >= 11 is 0. The van der Waals surface area contributed by atoms with Crippen LogP contribution < -0.4 is 5.73 Å². The van der Waals surface area contributed by atoms with Crippen LogP contribution in [0.2, 0.25) is 0 Å². The molecule has 1 heterocycles. The maximum absolute atomic E-state index is 6.75. The highest BCUT2D eigenvalue weighted by molar-refractivity contribution is 6.28. The number of nitrogens with two attached hydrogens (primary N) is 1. The van der Waals surface area contributed by atoms with E-state index in [9.17, 15) is 0 Å². The van der Waals surface area contributed by atoms with Gasteiger partial charge in [0.25, 0.3) is 0 Å². The van der Waals surface area contributed by atoms with Gasteiger partial charge in [-0.25, -0.2) is 0 Å². The van der Waals surface area contributed by atoms with E-state index in [0.29, 0.717) is 0 Å². The molecule has 286 valence electrons. The summed E-state index contributed by atoms with van der Waals surface area (Å²) in [5.74, 6) is 0. The molecule has 0 aliphatic heterocycles. The van der Waals surface area contributed by atoms with Crippen LogP contribution in [0.3, 0.4) is 0 Å². The summed E-state index contributed by atoms with van der Waals surface area (Å²) in [4.78, 5) is 4.63. The number of rotatable bonds is 8. The van der Waals surface area contributed by atoms with Crippen molar-refractivity contribution in [3.8, 4) is 77.9 Å². The van der Waals surface area contributed by atoms with Gasteiger partial charge in [0, 0.05) is 22.8 Å². The molecule has 0 radical (unpaired) electrons. The number of fused-ring (bicyclic) bond motifs is 5. The van der Waals surface area contributed by atoms with Gasteiger partial charge < -0.3 is 5.73 Å². The topological polar surface area (TPSA) is 38.9 Å². The summed E-state index contributed by atoms with van der Waals surface area (Å²) in [7, 11) is 0. The zero-order valence-electron chi connectivity index (χ0n) is 33.5. The van der Waals surface area contributed by atoms with Crippen LogP contribution in [0.5, 0.6) is 0 Å². The monoisotopic (exact) mass is 776 g/mol. The SMILES string of the molecule is C=C/C=C\C=C/c1c(-c2cc(-c3ccc(-c4ccc5c6c(cccc46)-c4c-5c(-c5ccccc5)c5ccccc5c4-c4ccccc4)cc3)ccc2N)ccc2ncccc12. The quantitative estimate of drug-likeness (QED) is 0.123. The van der Waals surface area contributed by atoms with Crippen LogP contribution >= 0.6 is 0 Å². The van der Waals surface area contributed by atoms with Gasteiger partial charge in [0.15, 0.2) is 0 Å². The Morgan fingerprint density at radius 1 is 0.393 bits per heavy atom. The molecule has 2 heteroatoms. The fraction of sp³-hybridized carbons (Fsp3) is 0. The normalized spacial score (nSPS) is 11.9. The number of allylic oxidation sites excluding steroid dienone is 4. The molecule has 11 rings (SSSR count). The molecule has 1 aliphatic rings. The fourth-order valence-corrected chi connectivity index (χ4v) is 9.56. The summed E-state index contributed by atoms with van der Waals surface area (Å²) in [6.45, 7) is 3.81. The molecule has 0 fully saturated rings. The molecule has 61 heavy (non-hydrogen) atoms. The summed E-state index contributed by atoms with van der Waals surface area (Å²) in [6, 6.07) is 66.0. The number of pyridine rings is 1. The maximum atomic E-state index is 6.75. The summed E-state index contributed by atoms with van der Waals surface area (Å²) in [5.41, 5.74) is 26.4. The molecule has 0 saturated heterocycles. The van der Waals surface area contributed by atoms with Crippen LogP contribution in [0.15, 0.2) is 219 Å². The second kappa shape index (κ2) is 14.9. The standard InChI is InChI=1S/C59H40N2/c1-2-3-4-11-20-44-45(33-35-54-46(44)25-15-36-61-54)52-37-42(30-34-53(52)60)38-26-28-39(29-27-38)43-31-32-51-57-47(43)23-14-24-50(57)58-55(40-16-7-5-8-17-40)48-21-12-13-22-49(48)56(59(51)58)41-18-9-6-10-19-41/h2-37H,1,60H2/b4-3-,20-11-. The lowest BCUT2D eigenvalue weighted by atomic mass is 9.82. The zero-order valence-corrected chi connectivity index (χ0v) is 33.5. The van der Waals surface area contributed by atoms with E-state index < -0.39 is 0 Å². The van der Waals surface area contributed by atoms with Crippen LogP contribution in [0.1, 0.15) is 5.56 Å². The van der Waals surface area contributed by atoms with E-state index in [1.165, 1.54) is 77.2 Å². The van der Waals surface area contributed by atoms with Crippen LogP contribution in [0.25, 0.3) is 116 Å². The molecular formula is C59H40N2. The van der Waals surface area contributed by atoms with E-state index in [-0.39, 0.29) is 0 Å². The molecule has 0 spiro atoms. The lowest BCUT2D eigenvalue weighted by Gasteiger charge is -2.20. The predicted molar refractivity (Wildman–Crippen MR) is 261 cm³/mol. The second-order valence-electron chi connectivity index (χ2n) is 15.6. The van der Waals surface area contributed by atoms with Crippen LogP contribution in [0.4, 0.5) is 5.69 Å². The van der Waals surface area contributed by atoms with Gasteiger partial charge in [-0.05, 0) is 124 Å². The molecule has 1 aliphatic carbocycles. The first kappa shape index (κ1) is 36.0. The van der Waals surface area contributed by atoms with Gasteiger partial charge in [-0.15, -0.1) is 0 Å². The number of anilines is 1. The van der Waals surface area contributed by atoms with Crippen molar-refractivity contribution in [2.45, 2.75) is 0 Å². The van der Waals surface area contributed by atoms with Crippen molar-refractivity contribution in [3.63, 3.8) is 0 Å². The smallest absolute Gasteiger partial charge is 0.0708 e. The molecule has 9 aromatic carbocycles. The lowest BCUT2D eigenvalue weighted by molar-refractivity contribution is 1.41. The number of aromatic nitrogens is 1. The predicted octanol–water partition coefficient (Wildman–Crippen LogP) is 15.9. The molecule has 0 bridgehead atoms. The average Bonchev–Trinajstić information content (AvgIpc) is 3.65. The van der Waals surface area contributed by atoms with E-state index in [4.69, 9.17) is 5.73 Å². The Morgan fingerprint density at radius 3 is 1.69 bits per heavy atom. The van der Waals surface area contributed by atoms with E-state index >= 15 is 0 Å². The van der Waals surface area contributed by atoms with Crippen LogP contribution in [0, 0.1) is 0 Å². The van der Waals surface area contributed by atoms with Gasteiger partial charge in [0.2, 0.25) is 0 Å². The van der Waals surface area contributed by atoms with E-state index in [1.807, 2.05) is 36.6 Å². The molecule has 10 aromatic rings. The third-order valence-electron chi connectivity index (χ3n) is 12.2. The Kier molecular flexibility index (Phi) is 8.83. The average molecular weight is 777 g/mol. The van der Waals surface area contributed by atoms with Crippen molar-refractivity contribution in [1.29, 1.82) is 0 Å². The Balaban J connectivity index is 1.04. The Morgan fingerprint density at radius 2 is 0.984 bits per heavy atom. The third-order valence-corrected chi connectivity index (χ3v) is 12.2. The second-order valence-corrected chi connectivity index (χ2v) is 15.6. The summed E-state index contributed by atoms with van der Waals surface area (Å²) in [5, 5.41) is 6.17. The van der Waals surface area contributed by atoms with Gasteiger partial charge >= 0.3 is 0 Å². The van der Waals surface area contributed by atoms with Gasteiger partial charge in [0.1, 0.15) is 0 Å². The zero-order chi connectivity index (χ0) is 40.9. The van der Waals surface area contributed by atoms with Crippen LogP contribution in [-0.2, 0) is 0 Å². The molecule has 0 atom stereocenters. The Bertz CT molecular complexity index is 3320. The number of benzene rings is 9. The minimum absolute atomic E-state index is 0.729. The molecule has 2 nitrogen and oxygen atoms in total. The van der Waals surface area contributed by atoms with Gasteiger partial charge in [-0.2, -0.15) is 0 Å². The number of nitrogen functional groups attached to an aromatic ring is 1. The van der Waals surface area contributed by atoms with Gasteiger partial charge in [-0.3, -0.25) is 4.98 Å². The minimum Gasteiger partial charge on any atom is -0.398 e. The Labute approximate surface area is 355 Å². The minimum atomic E-state index is 0.729. The van der Waals surface area contributed by atoms with E-state index in [0.717, 1.165) is 44.4 Å². The van der Waals surface area contributed by atoms with Crippen molar-refractivity contribution >= 4 is 44.2 Å². The van der Waals surface area contributed by atoms with Crippen molar-refractivity contribution < 1.29 is 0 Å². The highest BCUT2D eigenvalue weighted by Crippen LogP contribution is 2.58. The molecular weight excluding hydrogens is 737 g/mol. The molecule has 2 N–H and O–H groups in total. The molecule has 1 aromatic heterocycles. The third kappa shape index (κ3) is 6.00. The fourth-order valence-electron chi connectivity index (χ4n) is 9.56. The van der Waals surface area contributed by atoms with Crippen molar-refractivity contribution in [3.05, 3.63) is 225 Å². The molecule has 0 unspecified atom stereocenters. The number of hydrogen-bond acceptors (Lipinski definition) is 2. The van der Waals surface area contributed by atoms with Crippen molar-refractivity contribution in [2.75, 3.05) is 5.73 Å². The van der Waals surface area contributed by atoms with Crippen molar-refractivity contribution in [2.24, 2.45) is 0 Å². The number of nitrogens with zero attached hydrogens (tertiary/aromatic N) is 1. The highest BCUT2D eigenvalue weighted by atomic mass is 14.6. The van der Waals surface area contributed by atoms with Crippen molar-refractivity contribution in [1.82, 2.24) is 4.98 Å². The summed E-state index contributed by atoms with van der Waals surface area (Å²) < 4.78 is 0. The first-order valence-corrected chi connectivity index (χ1v) is 20.8. The summed E-state index contributed by atoms with van der Waals surface area (Å²) in [6.07, 6.45) is 11.7. The molecule has 0 saturated carbocycles. The highest BCUT2D eigenvalue weighted by Gasteiger charge is 2.31.